The number of hydrogen-bond donors (Lipinski definition) is 0. The van der Waals surface area contributed by atoms with Crippen LogP contribution in [0.5, 0.6) is 5.75 Å². The molecule has 2 aromatic rings. The minimum atomic E-state index is -0.398. The third-order valence-electron chi connectivity index (χ3n) is 5.07. The van der Waals surface area contributed by atoms with E-state index in [4.69, 9.17) is 9.73 Å². The fraction of sp³-hybridized carbons (Fsp3) is 0.368. The van der Waals surface area contributed by atoms with Crippen LogP contribution >= 0.6 is 11.8 Å². The van der Waals surface area contributed by atoms with E-state index in [2.05, 4.69) is 16.8 Å². The quantitative estimate of drug-likeness (QED) is 0.573. The molecule has 0 bridgehead atoms. The van der Waals surface area contributed by atoms with Crippen molar-refractivity contribution in [1.29, 1.82) is 0 Å². The lowest BCUT2D eigenvalue weighted by Crippen LogP contribution is -2.35. The molecule has 8 heteroatoms. The molecule has 7 nitrogen and oxygen atoms in total. The van der Waals surface area contributed by atoms with Crippen LogP contribution in [0.15, 0.2) is 47.6 Å². The van der Waals surface area contributed by atoms with Gasteiger partial charge in [-0.05, 0) is 30.2 Å². The van der Waals surface area contributed by atoms with Crippen LogP contribution in [0.3, 0.4) is 0 Å². The molecular weight excluding hydrogens is 364 g/mol. The maximum atomic E-state index is 11.5. The molecule has 0 N–H and O–H groups in total. The molecule has 1 aromatic carbocycles. The Kier molecular flexibility index (Phi) is 4.73. The second-order valence-corrected chi connectivity index (χ2v) is 7.51. The van der Waals surface area contributed by atoms with E-state index in [9.17, 15) is 10.1 Å². The van der Waals surface area contributed by atoms with Gasteiger partial charge in [0.25, 0.3) is 0 Å². The first kappa shape index (κ1) is 17.8. The molecule has 0 amide bonds. The zero-order chi connectivity index (χ0) is 19.0. The van der Waals surface area contributed by atoms with Gasteiger partial charge in [-0.3, -0.25) is 20.1 Å². The van der Waals surface area contributed by atoms with Crippen LogP contribution in [0, 0.1) is 10.1 Å². The van der Waals surface area contributed by atoms with Crippen molar-refractivity contribution < 1.29 is 9.66 Å². The summed E-state index contributed by atoms with van der Waals surface area (Å²) in [4.78, 5) is 22.9. The highest BCUT2D eigenvalue weighted by Crippen LogP contribution is 2.49. The molecule has 140 valence electrons. The fourth-order valence-corrected chi connectivity index (χ4v) is 5.08. The topological polar surface area (TPSA) is 80.9 Å². The summed E-state index contributed by atoms with van der Waals surface area (Å²) in [7, 11) is 1.44. The van der Waals surface area contributed by atoms with Crippen molar-refractivity contribution in [1.82, 2.24) is 9.88 Å². The van der Waals surface area contributed by atoms with Crippen molar-refractivity contribution >= 4 is 22.6 Å². The number of nitrogens with zero attached hydrogens (tertiary/aromatic N) is 4. The van der Waals surface area contributed by atoms with Crippen molar-refractivity contribution in [3.8, 4) is 5.75 Å². The third-order valence-corrected chi connectivity index (χ3v) is 6.20. The summed E-state index contributed by atoms with van der Waals surface area (Å²) in [6, 6.07) is 11.0. The Balaban J connectivity index is 1.82. The Bertz CT molecular complexity index is 890. The monoisotopic (exact) mass is 384 g/mol. The number of aromatic nitrogens is 1. The number of fused-ring (bicyclic) bond motifs is 1. The number of nitro benzene ring substituents is 1. The molecule has 0 unspecified atom stereocenters. The molecule has 0 radical (unpaired) electrons. The summed E-state index contributed by atoms with van der Waals surface area (Å²) in [5, 5.41) is 12.5. The molecule has 0 spiro atoms. The highest BCUT2D eigenvalue weighted by Gasteiger charge is 2.45. The summed E-state index contributed by atoms with van der Waals surface area (Å²) < 4.78 is 5.16. The largest absolute Gasteiger partial charge is 0.490 e. The Morgan fingerprint density at radius 2 is 2.22 bits per heavy atom. The molecule has 3 atom stereocenters. The number of benzene rings is 1. The van der Waals surface area contributed by atoms with E-state index < -0.39 is 4.92 Å². The van der Waals surface area contributed by atoms with Crippen molar-refractivity contribution in [2.24, 2.45) is 4.99 Å². The normalized spacial score (nSPS) is 23.9. The molecule has 2 aliphatic heterocycles. The molecule has 2 aliphatic rings. The average Bonchev–Trinajstić information content (AvgIpc) is 3.27. The second kappa shape index (κ2) is 7.19. The number of thioether (sulfide) groups is 1. The van der Waals surface area contributed by atoms with E-state index in [-0.39, 0.29) is 23.5 Å². The molecule has 27 heavy (non-hydrogen) atoms. The van der Waals surface area contributed by atoms with Crippen molar-refractivity contribution in [3.63, 3.8) is 0 Å². The lowest BCUT2D eigenvalue weighted by atomic mass is 9.94. The second-order valence-electron chi connectivity index (χ2n) is 6.52. The first-order valence-corrected chi connectivity index (χ1v) is 9.84. The van der Waals surface area contributed by atoms with E-state index in [1.807, 2.05) is 24.3 Å². The molecule has 1 saturated heterocycles. The van der Waals surface area contributed by atoms with Gasteiger partial charge in [-0.15, -0.1) is 0 Å². The van der Waals surface area contributed by atoms with Gasteiger partial charge >= 0.3 is 5.69 Å². The smallest absolute Gasteiger partial charge is 0.311 e. The lowest BCUT2D eigenvalue weighted by Gasteiger charge is -2.31. The zero-order valence-corrected chi connectivity index (χ0v) is 15.9. The van der Waals surface area contributed by atoms with E-state index in [1.165, 1.54) is 7.11 Å². The molecule has 1 aromatic heterocycles. The minimum absolute atomic E-state index is 0.0249. The van der Waals surface area contributed by atoms with Crippen LogP contribution in [-0.2, 0) is 0 Å². The molecule has 0 aliphatic carbocycles. The van der Waals surface area contributed by atoms with Crippen LogP contribution in [0.4, 0.5) is 5.69 Å². The number of methoxy groups -OCH3 is 1. The van der Waals surface area contributed by atoms with Gasteiger partial charge in [-0.2, -0.15) is 0 Å². The van der Waals surface area contributed by atoms with Gasteiger partial charge in [-0.1, -0.05) is 30.8 Å². The number of pyridine rings is 1. The van der Waals surface area contributed by atoms with Gasteiger partial charge in [0, 0.05) is 24.1 Å². The van der Waals surface area contributed by atoms with Gasteiger partial charge in [-0.25, -0.2) is 0 Å². The highest BCUT2D eigenvalue weighted by molar-refractivity contribution is 8.14. The predicted octanol–water partition coefficient (Wildman–Crippen LogP) is 3.98. The SMILES string of the molecule is CC[C@@H]1CSC2=N[C@@H](c3ccccn3)[C@@H](c3ccc(OC)c([N+](=O)[O-])c3)N21. The van der Waals surface area contributed by atoms with Gasteiger partial charge in [0.1, 0.15) is 6.04 Å². The molecule has 1 fully saturated rings. The average molecular weight is 384 g/mol. The minimum Gasteiger partial charge on any atom is -0.490 e. The molecule has 4 rings (SSSR count). The molecular formula is C19H20N4O3S. The number of rotatable bonds is 5. The zero-order valence-electron chi connectivity index (χ0n) is 15.1. The fourth-order valence-electron chi connectivity index (χ4n) is 3.74. The summed E-state index contributed by atoms with van der Waals surface area (Å²) in [6.07, 6.45) is 2.76. The number of nitro groups is 1. The number of ether oxygens (including phenoxy) is 1. The van der Waals surface area contributed by atoms with Gasteiger partial charge in [0.05, 0.1) is 23.8 Å². The third kappa shape index (κ3) is 3.03. The summed E-state index contributed by atoms with van der Waals surface area (Å²) in [5.41, 5.74) is 1.71. The van der Waals surface area contributed by atoms with Gasteiger partial charge < -0.3 is 9.64 Å². The number of aliphatic imine (C=N–C) groups is 1. The van der Waals surface area contributed by atoms with Gasteiger partial charge in [0.2, 0.25) is 0 Å². The van der Waals surface area contributed by atoms with Crippen molar-refractivity contribution in [2.75, 3.05) is 12.9 Å². The Morgan fingerprint density at radius 1 is 1.37 bits per heavy atom. The molecule has 0 saturated carbocycles. The first-order valence-electron chi connectivity index (χ1n) is 8.86. The van der Waals surface area contributed by atoms with E-state index in [1.54, 1.807) is 30.1 Å². The number of amidine groups is 1. The Morgan fingerprint density at radius 3 is 2.89 bits per heavy atom. The van der Waals surface area contributed by atoms with E-state index in [0.717, 1.165) is 28.6 Å². The van der Waals surface area contributed by atoms with Crippen molar-refractivity contribution in [3.05, 3.63) is 64.0 Å². The lowest BCUT2D eigenvalue weighted by molar-refractivity contribution is -0.385. The molecule has 3 heterocycles. The predicted molar refractivity (Wildman–Crippen MR) is 105 cm³/mol. The maximum Gasteiger partial charge on any atom is 0.311 e. The first-order chi connectivity index (χ1) is 13.1. The van der Waals surface area contributed by atoms with Crippen LogP contribution in [-0.4, -0.2) is 38.9 Å². The van der Waals surface area contributed by atoms with Crippen molar-refractivity contribution in [2.45, 2.75) is 31.5 Å². The van der Waals surface area contributed by atoms with Gasteiger partial charge in [0.15, 0.2) is 10.9 Å². The standard InChI is InChI=1S/C19H20N4O3S/c1-3-13-11-27-19-21-17(14-6-4-5-9-20-14)18(22(13)19)12-7-8-16(26-2)15(10-12)23(24)25/h4-10,13,17-18H,3,11H2,1-2H3/t13-,17+,18-/m1/s1. The van der Waals surface area contributed by atoms with Crippen LogP contribution in [0.2, 0.25) is 0 Å². The summed E-state index contributed by atoms with van der Waals surface area (Å²) >= 11 is 1.75. The van der Waals surface area contributed by atoms with Crippen LogP contribution in [0.1, 0.15) is 36.7 Å². The highest BCUT2D eigenvalue weighted by atomic mass is 32.2. The van der Waals surface area contributed by atoms with E-state index in [0.29, 0.717) is 6.04 Å². The van der Waals surface area contributed by atoms with Crippen LogP contribution in [0.25, 0.3) is 0 Å². The Hall–Kier alpha value is -2.61. The van der Waals surface area contributed by atoms with Crippen LogP contribution < -0.4 is 4.74 Å². The summed E-state index contributed by atoms with van der Waals surface area (Å²) in [6.45, 7) is 2.16. The van der Waals surface area contributed by atoms with E-state index >= 15 is 0 Å². The summed E-state index contributed by atoms with van der Waals surface area (Å²) in [5.74, 6) is 1.25. The number of hydrogen-bond acceptors (Lipinski definition) is 7. The Labute approximate surface area is 161 Å². The maximum absolute atomic E-state index is 11.5.